The molecule has 1 N–H and O–H groups in total. The normalized spacial score (nSPS) is 11.2. The van der Waals surface area contributed by atoms with Crippen LogP contribution in [0.5, 0.6) is 0 Å². The molecular formula is C16H17Cl2N5. The fourth-order valence-electron chi connectivity index (χ4n) is 2.53. The lowest BCUT2D eigenvalue weighted by atomic mass is 10.1. The van der Waals surface area contributed by atoms with Gasteiger partial charge in [-0.1, -0.05) is 30.1 Å². The van der Waals surface area contributed by atoms with Gasteiger partial charge in [-0.2, -0.15) is 5.10 Å². The van der Waals surface area contributed by atoms with Crippen LogP contribution >= 0.6 is 23.2 Å². The van der Waals surface area contributed by atoms with Crippen molar-refractivity contribution in [3.8, 4) is 11.3 Å². The molecule has 0 atom stereocenters. The van der Waals surface area contributed by atoms with E-state index in [1.165, 1.54) is 0 Å². The summed E-state index contributed by atoms with van der Waals surface area (Å²) in [6, 6.07) is 5.42. The Balaban J connectivity index is 2.25. The van der Waals surface area contributed by atoms with Gasteiger partial charge in [-0.25, -0.2) is 9.97 Å². The number of nitrogens with one attached hydrogen (secondary N) is 1. The largest absolute Gasteiger partial charge is 0.368 e. The fraction of sp³-hybridized carbons (Fsp3) is 0.312. The van der Waals surface area contributed by atoms with E-state index in [-0.39, 0.29) is 0 Å². The fourth-order valence-corrected chi connectivity index (χ4v) is 3.03. The predicted molar refractivity (Wildman–Crippen MR) is 95.3 cm³/mol. The van der Waals surface area contributed by atoms with Crippen LogP contribution in [0.3, 0.4) is 0 Å². The number of benzene rings is 1. The van der Waals surface area contributed by atoms with Gasteiger partial charge in [-0.15, -0.1) is 0 Å². The highest BCUT2D eigenvalue weighted by molar-refractivity contribution is 6.36. The highest BCUT2D eigenvalue weighted by atomic mass is 35.5. The molecule has 120 valence electrons. The molecule has 5 nitrogen and oxygen atoms in total. The van der Waals surface area contributed by atoms with Gasteiger partial charge >= 0.3 is 0 Å². The molecule has 0 aliphatic carbocycles. The van der Waals surface area contributed by atoms with Crippen molar-refractivity contribution in [2.45, 2.75) is 20.3 Å². The summed E-state index contributed by atoms with van der Waals surface area (Å²) < 4.78 is 1.78. The maximum absolute atomic E-state index is 6.37. The number of hydrogen-bond acceptors (Lipinski definition) is 4. The first kappa shape index (κ1) is 16.0. The van der Waals surface area contributed by atoms with Gasteiger partial charge in [0.05, 0.1) is 10.7 Å². The first-order valence-corrected chi connectivity index (χ1v) is 8.17. The Kier molecular flexibility index (Phi) is 4.41. The highest BCUT2D eigenvalue weighted by Gasteiger charge is 2.19. The van der Waals surface area contributed by atoms with Crippen molar-refractivity contribution in [1.82, 2.24) is 19.7 Å². The summed E-state index contributed by atoms with van der Waals surface area (Å²) in [4.78, 5) is 9.05. The first-order valence-electron chi connectivity index (χ1n) is 7.42. The van der Waals surface area contributed by atoms with E-state index in [1.54, 1.807) is 10.7 Å². The number of anilines is 1. The lowest BCUT2D eigenvalue weighted by molar-refractivity contribution is 0.787. The van der Waals surface area contributed by atoms with Gasteiger partial charge in [0.1, 0.15) is 11.3 Å². The molecule has 1 aromatic carbocycles. The Hall–Kier alpha value is -1.85. The van der Waals surface area contributed by atoms with Gasteiger partial charge in [0.15, 0.2) is 11.3 Å². The molecule has 0 saturated heterocycles. The Morgan fingerprint density at radius 3 is 2.65 bits per heavy atom. The minimum absolute atomic E-state index is 0.571. The molecule has 0 spiro atoms. The van der Waals surface area contributed by atoms with Crippen molar-refractivity contribution in [1.29, 1.82) is 0 Å². The van der Waals surface area contributed by atoms with Crippen molar-refractivity contribution in [2.75, 3.05) is 11.9 Å². The molecule has 0 bridgehead atoms. The van der Waals surface area contributed by atoms with E-state index in [0.717, 1.165) is 41.1 Å². The Bertz CT molecular complexity index is 873. The van der Waals surface area contributed by atoms with E-state index in [4.69, 9.17) is 23.2 Å². The lowest BCUT2D eigenvalue weighted by Gasteiger charge is -2.07. The second-order valence-electron chi connectivity index (χ2n) is 5.34. The Labute approximate surface area is 144 Å². The quantitative estimate of drug-likeness (QED) is 0.754. The number of aryl methyl sites for hydroxylation is 2. The van der Waals surface area contributed by atoms with Crippen molar-refractivity contribution < 1.29 is 0 Å². The molecule has 0 unspecified atom stereocenters. The standard InChI is InChI=1S/C16H17Cl2N5/c1-4-7-19-16-14-13(20-9(2)21-16)15(23(3)22-14)11-6-5-10(17)8-12(11)18/h5-6,8H,4,7H2,1-3H3,(H,19,20,21). The molecule has 0 saturated carbocycles. The summed E-state index contributed by atoms with van der Waals surface area (Å²) in [7, 11) is 1.88. The van der Waals surface area contributed by atoms with Gasteiger partial charge in [0, 0.05) is 24.2 Å². The minimum Gasteiger partial charge on any atom is -0.368 e. The summed E-state index contributed by atoms with van der Waals surface area (Å²) >= 11 is 12.4. The van der Waals surface area contributed by atoms with E-state index in [1.807, 2.05) is 26.1 Å². The number of nitrogens with zero attached hydrogens (tertiary/aromatic N) is 4. The monoisotopic (exact) mass is 349 g/mol. The lowest BCUT2D eigenvalue weighted by Crippen LogP contribution is -2.04. The van der Waals surface area contributed by atoms with Crippen molar-refractivity contribution >= 4 is 40.1 Å². The zero-order valence-electron chi connectivity index (χ0n) is 13.2. The van der Waals surface area contributed by atoms with Crippen LogP contribution in [-0.4, -0.2) is 26.3 Å². The molecule has 0 aliphatic rings. The molecule has 3 rings (SSSR count). The van der Waals surface area contributed by atoms with E-state index in [2.05, 4.69) is 27.3 Å². The van der Waals surface area contributed by atoms with Crippen LogP contribution in [0.15, 0.2) is 18.2 Å². The second-order valence-corrected chi connectivity index (χ2v) is 6.18. The maximum Gasteiger partial charge on any atom is 0.158 e. The van der Waals surface area contributed by atoms with Gasteiger partial charge in [-0.05, 0) is 31.5 Å². The molecule has 0 fully saturated rings. The number of hydrogen-bond donors (Lipinski definition) is 1. The van der Waals surface area contributed by atoms with Gasteiger partial charge in [0.2, 0.25) is 0 Å². The average Bonchev–Trinajstić information content (AvgIpc) is 2.81. The molecule has 0 radical (unpaired) electrons. The van der Waals surface area contributed by atoms with Crippen LogP contribution < -0.4 is 5.32 Å². The highest BCUT2D eigenvalue weighted by Crippen LogP contribution is 2.35. The van der Waals surface area contributed by atoms with Crippen molar-refractivity contribution in [3.63, 3.8) is 0 Å². The van der Waals surface area contributed by atoms with Crippen LogP contribution in [-0.2, 0) is 7.05 Å². The molecule has 3 aromatic rings. The van der Waals surface area contributed by atoms with E-state index in [9.17, 15) is 0 Å². The van der Waals surface area contributed by atoms with Gasteiger partial charge < -0.3 is 5.32 Å². The average molecular weight is 350 g/mol. The van der Waals surface area contributed by atoms with E-state index < -0.39 is 0 Å². The second kappa shape index (κ2) is 6.34. The predicted octanol–water partition coefficient (Wildman–Crippen LogP) is 4.47. The number of fused-ring (bicyclic) bond motifs is 1. The third-order valence-electron chi connectivity index (χ3n) is 3.52. The third kappa shape index (κ3) is 2.99. The summed E-state index contributed by atoms with van der Waals surface area (Å²) in [5.74, 6) is 1.44. The number of rotatable bonds is 4. The summed E-state index contributed by atoms with van der Waals surface area (Å²) in [5, 5.41) is 9.07. The molecule has 0 amide bonds. The molecule has 2 aromatic heterocycles. The molecule has 0 aliphatic heterocycles. The van der Waals surface area contributed by atoms with Crippen molar-refractivity contribution in [2.24, 2.45) is 7.05 Å². The van der Waals surface area contributed by atoms with Crippen LogP contribution in [0, 0.1) is 6.92 Å². The molecular weight excluding hydrogens is 333 g/mol. The summed E-state index contributed by atoms with van der Waals surface area (Å²) in [6.07, 6.45) is 1.01. The smallest absolute Gasteiger partial charge is 0.158 e. The molecule has 7 heteroatoms. The van der Waals surface area contributed by atoms with Crippen LogP contribution in [0.25, 0.3) is 22.3 Å². The van der Waals surface area contributed by atoms with Crippen LogP contribution in [0.1, 0.15) is 19.2 Å². The van der Waals surface area contributed by atoms with Crippen molar-refractivity contribution in [3.05, 3.63) is 34.1 Å². The summed E-state index contributed by atoms with van der Waals surface area (Å²) in [5.41, 5.74) is 3.22. The van der Waals surface area contributed by atoms with E-state index >= 15 is 0 Å². The Morgan fingerprint density at radius 2 is 1.96 bits per heavy atom. The SMILES string of the molecule is CCCNc1nc(C)nc2c(-c3ccc(Cl)cc3Cl)n(C)nc12. The zero-order valence-corrected chi connectivity index (χ0v) is 14.7. The van der Waals surface area contributed by atoms with Gasteiger partial charge in [0.25, 0.3) is 0 Å². The van der Waals surface area contributed by atoms with Crippen LogP contribution in [0.2, 0.25) is 10.0 Å². The molecule has 23 heavy (non-hydrogen) atoms. The van der Waals surface area contributed by atoms with Crippen LogP contribution in [0.4, 0.5) is 5.82 Å². The minimum atomic E-state index is 0.571. The first-order chi connectivity index (χ1) is 11.0. The van der Waals surface area contributed by atoms with Gasteiger partial charge in [-0.3, -0.25) is 4.68 Å². The molecule has 2 heterocycles. The Morgan fingerprint density at radius 1 is 1.17 bits per heavy atom. The number of halogens is 2. The van der Waals surface area contributed by atoms with E-state index in [0.29, 0.717) is 15.9 Å². The zero-order chi connectivity index (χ0) is 16.6. The summed E-state index contributed by atoms with van der Waals surface area (Å²) in [6.45, 7) is 4.81. The number of aromatic nitrogens is 4. The topological polar surface area (TPSA) is 55.6 Å². The maximum atomic E-state index is 6.37. The third-order valence-corrected chi connectivity index (χ3v) is 4.07.